The smallest absolute Gasteiger partial charge is 0.325 e. The van der Waals surface area contributed by atoms with Gasteiger partial charge >= 0.3 is 5.97 Å². The second-order valence-corrected chi connectivity index (χ2v) is 3.85. The molecule has 0 fully saturated rings. The van der Waals surface area contributed by atoms with E-state index >= 15 is 0 Å². The molecule has 2 atom stereocenters. The molecule has 0 aliphatic heterocycles. The Balaban J connectivity index is 2.49. The van der Waals surface area contributed by atoms with E-state index in [0.29, 0.717) is 0 Å². The van der Waals surface area contributed by atoms with Crippen molar-refractivity contribution >= 4 is 11.9 Å². The van der Waals surface area contributed by atoms with Crippen LogP contribution in [0, 0.1) is 0 Å². The summed E-state index contributed by atoms with van der Waals surface area (Å²) in [6.45, 7) is 1.41. The number of rotatable bonds is 5. The quantitative estimate of drug-likeness (QED) is 0.700. The minimum atomic E-state index is -1.06. The molecule has 5 heteroatoms. The van der Waals surface area contributed by atoms with Gasteiger partial charge in [0.2, 0.25) is 5.91 Å². The number of nitrogens with one attached hydrogen (secondary N) is 1. The second-order valence-electron chi connectivity index (χ2n) is 3.85. The molecule has 0 aliphatic carbocycles. The molecule has 1 aromatic carbocycles. The van der Waals surface area contributed by atoms with E-state index in [4.69, 9.17) is 10.8 Å². The number of carbonyl (C=O) groups excluding carboxylic acids is 1. The van der Waals surface area contributed by atoms with Crippen molar-refractivity contribution in [2.45, 2.75) is 25.4 Å². The van der Waals surface area contributed by atoms with Crippen LogP contribution < -0.4 is 11.1 Å². The van der Waals surface area contributed by atoms with E-state index in [-0.39, 0.29) is 12.3 Å². The summed E-state index contributed by atoms with van der Waals surface area (Å²) in [4.78, 5) is 22.0. The van der Waals surface area contributed by atoms with Gasteiger partial charge in [0, 0.05) is 12.5 Å². The fraction of sp³-hybridized carbons (Fsp3) is 0.333. The minimum Gasteiger partial charge on any atom is -0.480 e. The minimum absolute atomic E-state index is 0.0711. The number of benzene rings is 1. The number of amides is 1. The molecule has 1 rings (SSSR count). The van der Waals surface area contributed by atoms with Gasteiger partial charge in [0.25, 0.3) is 0 Å². The van der Waals surface area contributed by atoms with Crippen LogP contribution in [-0.2, 0) is 9.59 Å². The Morgan fingerprint density at radius 1 is 1.35 bits per heavy atom. The largest absolute Gasteiger partial charge is 0.480 e. The van der Waals surface area contributed by atoms with Crippen molar-refractivity contribution in [3.05, 3.63) is 35.9 Å². The fourth-order valence-electron chi connectivity index (χ4n) is 1.38. The predicted octanol–water partition coefficient (Wildman–Crippen LogP) is 0.666. The van der Waals surface area contributed by atoms with Crippen LogP contribution in [0.2, 0.25) is 0 Å². The maximum absolute atomic E-state index is 11.5. The molecule has 1 amide bonds. The Kier molecular flexibility index (Phi) is 4.66. The summed E-state index contributed by atoms with van der Waals surface area (Å²) in [5.74, 6) is -1.43. The van der Waals surface area contributed by atoms with Crippen LogP contribution in [0.5, 0.6) is 0 Å². The lowest BCUT2D eigenvalue weighted by atomic mass is 10.0. The summed E-state index contributed by atoms with van der Waals surface area (Å²) in [6, 6.07) is 7.89. The van der Waals surface area contributed by atoms with Gasteiger partial charge in [-0.05, 0) is 12.5 Å². The number of carbonyl (C=O) groups is 2. The van der Waals surface area contributed by atoms with Crippen molar-refractivity contribution in [1.29, 1.82) is 0 Å². The predicted molar refractivity (Wildman–Crippen MR) is 63.2 cm³/mol. The standard InChI is InChI=1S/C12H16N2O3/c1-8(12(16)17)14-11(15)7-10(13)9-5-3-2-4-6-9/h2-6,8,10H,7,13H2,1H3,(H,14,15)(H,16,17)/t8-,10?/m1/s1. The third-order valence-electron chi connectivity index (χ3n) is 2.38. The van der Waals surface area contributed by atoms with Gasteiger partial charge in [-0.2, -0.15) is 0 Å². The number of nitrogens with two attached hydrogens (primary N) is 1. The molecule has 4 N–H and O–H groups in total. The summed E-state index contributed by atoms with van der Waals surface area (Å²) in [7, 11) is 0. The summed E-state index contributed by atoms with van der Waals surface area (Å²) >= 11 is 0. The summed E-state index contributed by atoms with van der Waals surface area (Å²) in [6.07, 6.45) is 0.0711. The first-order valence-electron chi connectivity index (χ1n) is 5.33. The zero-order valence-corrected chi connectivity index (χ0v) is 9.59. The molecule has 0 saturated carbocycles. The van der Waals surface area contributed by atoms with E-state index in [9.17, 15) is 9.59 Å². The fourth-order valence-corrected chi connectivity index (χ4v) is 1.38. The molecule has 1 aromatic rings. The summed E-state index contributed by atoms with van der Waals surface area (Å²) in [5, 5.41) is 11.0. The van der Waals surface area contributed by atoms with Crippen LogP contribution in [0.3, 0.4) is 0 Å². The Morgan fingerprint density at radius 3 is 2.47 bits per heavy atom. The highest BCUT2D eigenvalue weighted by molar-refractivity contribution is 5.83. The van der Waals surface area contributed by atoms with E-state index < -0.39 is 18.1 Å². The topological polar surface area (TPSA) is 92.4 Å². The van der Waals surface area contributed by atoms with Gasteiger partial charge in [-0.15, -0.1) is 0 Å². The summed E-state index contributed by atoms with van der Waals surface area (Å²) < 4.78 is 0. The lowest BCUT2D eigenvalue weighted by molar-refractivity contribution is -0.141. The molecule has 0 bridgehead atoms. The monoisotopic (exact) mass is 236 g/mol. The van der Waals surface area contributed by atoms with Gasteiger partial charge in [0.1, 0.15) is 6.04 Å². The van der Waals surface area contributed by atoms with Gasteiger partial charge < -0.3 is 16.2 Å². The summed E-state index contributed by atoms with van der Waals surface area (Å²) in [5.41, 5.74) is 6.69. The van der Waals surface area contributed by atoms with E-state index in [1.807, 2.05) is 30.3 Å². The Morgan fingerprint density at radius 2 is 1.94 bits per heavy atom. The van der Waals surface area contributed by atoms with Crippen LogP contribution in [0.25, 0.3) is 0 Å². The van der Waals surface area contributed by atoms with Gasteiger partial charge in [0.15, 0.2) is 0 Å². The first kappa shape index (κ1) is 13.2. The van der Waals surface area contributed by atoms with Crippen LogP contribution in [-0.4, -0.2) is 23.0 Å². The van der Waals surface area contributed by atoms with E-state index in [0.717, 1.165) is 5.56 Å². The number of aliphatic carboxylic acids is 1. The molecule has 0 heterocycles. The lowest BCUT2D eigenvalue weighted by Crippen LogP contribution is -2.39. The van der Waals surface area contributed by atoms with Crippen LogP contribution >= 0.6 is 0 Å². The molecule has 92 valence electrons. The lowest BCUT2D eigenvalue weighted by Gasteiger charge is -2.13. The Labute approximate surface area is 99.6 Å². The zero-order chi connectivity index (χ0) is 12.8. The van der Waals surface area contributed by atoms with Crippen molar-refractivity contribution in [3.8, 4) is 0 Å². The molecule has 0 aromatic heterocycles. The van der Waals surface area contributed by atoms with Crippen molar-refractivity contribution < 1.29 is 14.7 Å². The van der Waals surface area contributed by atoms with Crippen LogP contribution in [0.15, 0.2) is 30.3 Å². The normalized spacial score (nSPS) is 13.8. The highest BCUT2D eigenvalue weighted by Crippen LogP contribution is 2.12. The first-order chi connectivity index (χ1) is 8.00. The van der Waals surface area contributed by atoms with Gasteiger partial charge in [-0.1, -0.05) is 30.3 Å². The van der Waals surface area contributed by atoms with Gasteiger partial charge in [0.05, 0.1) is 0 Å². The average molecular weight is 236 g/mol. The molecule has 1 unspecified atom stereocenters. The third kappa shape index (κ3) is 4.24. The molecule has 0 spiro atoms. The number of carboxylic acids is 1. The number of carboxylic acid groups (broad SMARTS) is 1. The average Bonchev–Trinajstić information content (AvgIpc) is 2.29. The number of hydrogen-bond acceptors (Lipinski definition) is 3. The van der Waals surface area contributed by atoms with Crippen molar-refractivity contribution in [1.82, 2.24) is 5.32 Å². The highest BCUT2D eigenvalue weighted by atomic mass is 16.4. The maximum atomic E-state index is 11.5. The van der Waals surface area contributed by atoms with Gasteiger partial charge in [-0.3, -0.25) is 9.59 Å². The second kappa shape index (κ2) is 6.00. The molecule has 5 nitrogen and oxygen atoms in total. The van der Waals surface area contributed by atoms with Crippen molar-refractivity contribution in [3.63, 3.8) is 0 Å². The van der Waals surface area contributed by atoms with E-state index in [2.05, 4.69) is 5.32 Å². The van der Waals surface area contributed by atoms with Crippen molar-refractivity contribution in [2.24, 2.45) is 5.73 Å². The van der Waals surface area contributed by atoms with E-state index in [1.54, 1.807) is 0 Å². The Bertz CT molecular complexity index is 392. The van der Waals surface area contributed by atoms with Gasteiger partial charge in [-0.25, -0.2) is 0 Å². The molecule has 0 radical (unpaired) electrons. The SMILES string of the molecule is C[C@@H](NC(=O)CC(N)c1ccccc1)C(=O)O. The number of hydrogen-bond donors (Lipinski definition) is 3. The first-order valence-corrected chi connectivity index (χ1v) is 5.33. The molecule has 0 saturated heterocycles. The molecular weight excluding hydrogens is 220 g/mol. The molecule has 17 heavy (non-hydrogen) atoms. The van der Waals surface area contributed by atoms with E-state index in [1.165, 1.54) is 6.92 Å². The molecule has 0 aliphatic rings. The highest BCUT2D eigenvalue weighted by Gasteiger charge is 2.16. The Hall–Kier alpha value is -1.88. The van der Waals surface area contributed by atoms with Crippen LogP contribution in [0.4, 0.5) is 0 Å². The van der Waals surface area contributed by atoms with Crippen molar-refractivity contribution in [2.75, 3.05) is 0 Å². The zero-order valence-electron chi connectivity index (χ0n) is 9.59. The maximum Gasteiger partial charge on any atom is 0.325 e. The third-order valence-corrected chi connectivity index (χ3v) is 2.38. The van der Waals surface area contributed by atoms with Crippen LogP contribution in [0.1, 0.15) is 24.9 Å². The molecular formula is C12H16N2O3.